The lowest BCUT2D eigenvalue weighted by Gasteiger charge is -1.95. The Labute approximate surface area is 92.6 Å². The van der Waals surface area contributed by atoms with Gasteiger partial charge in [-0.15, -0.1) is 11.3 Å². The van der Waals surface area contributed by atoms with Gasteiger partial charge in [0.25, 0.3) is 5.69 Å². The Hall–Kier alpha value is -0.940. The van der Waals surface area contributed by atoms with E-state index in [2.05, 4.69) is 15.9 Å². The maximum absolute atomic E-state index is 10.7. The molecular weight excluding hydrogens is 266 g/mol. The molecule has 2 aromatic rings. The first-order valence-electron chi connectivity index (χ1n) is 3.92. The molecule has 0 atom stereocenters. The van der Waals surface area contributed by atoms with E-state index in [0.717, 1.165) is 19.4 Å². The molecule has 72 valence electrons. The quantitative estimate of drug-likeness (QED) is 0.584. The molecule has 0 spiro atoms. The molecule has 14 heavy (non-hydrogen) atoms. The molecule has 0 bridgehead atoms. The van der Waals surface area contributed by atoms with Crippen molar-refractivity contribution in [3.05, 3.63) is 37.7 Å². The number of nitrogens with zero attached hydrogens (tertiary/aromatic N) is 1. The van der Waals surface area contributed by atoms with E-state index in [1.54, 1.807) is 6.07 Å². The summed E-state index contributed by atoms with van der Waals surface area (Å²) in [6.07, 6.45) is 0. The highest BCUT2D eigenvalue weighted by atomic mass is 79.9. The SMILES string of the molecule is Cc1cc2c(Br)ccc([N+](=O)[O-])c2s1. The second-order valence-corrected chi connectivity index (χ2v) is 5.03. The van der Waals surface area contributed by atoms with Crippen LogP contribution in [0.1, 0.15) is 4.88 Å². The van der Waals surface area contributed by atoms with Crippen LogP contribution in [0.25, 0.3) is 10.1 Å². The fourth-order valence-corrected chi connectivity index (χ4v) is 2.94. The second-order valence-electron chi connectivity index (χ2n) is 2.92. The largest absolute Gasteiger partial charge is 0.287 e. The molecule has 0 saturated carbocycles. The van der Waals surface area contributed by atoms with Crippen LogP contribution in [0.2, 0.25) is 0 Å². The summed E-state index contributed by atoms with van der Waals surface area (Å²) in [4.78, 5) is 11.5. The summed E-state index contributed by atoms with van der Waals surface area (Å²) in [5, 5.41) is 11.7. The average Bonchev–Trinajstić information content (AvgIpc) is 2.47. The Bertz CT molecular complexity index is 521. The molecule has 0 aliphatic heterocycles. The zero-order valence-electron chi connectivity index (χ0n) is 7.28. The number of non-ortho nitro benzene ring substituents is 1. The minimum atomic E-state index is -0.343. The van der Waals surface area contributed by atoms with Crippen molar-refractivity contribution >= 4 is 43.0 Å². The van der Waals surface area contributed by atoms with Crippen LogP contribution in [0.3, 0.4) is 0 Å². The smallest absolute Gasteiger partial charge is 0.258 e. The van der Waals surface area contributed by atoms with Gasteiger partial charge in [-0.05, 0) is 19.1 Å². The molecular formula is C9H6BrNO2S. The Morgan fingerprint density at radius 3 is 2.86 bits per heavy atom. The van der Waals surface area contributed by atoms with Gasteiger partial charge in [0.15, 0.2) is 0 Å². The van der Waals surface area contributed by atoms with E-state index >= 15 is 0 Å². The first-order valence-corrected chi connectivity index (χ1v) is 5.53. The highest BCUT2D eigenvalue weighted by Crippen LogP contribution is 2.37. The number of halogens is 1. The standard InChI is InChI=1S/C9H6BrNO2S/c1-5-4-6-7(10)2-3-8(11(12)13)9(6)14-5/h2-4H,1H3. The van der Waals surface area contributed by atoms with Gasteiger partial charge >= 0.3 is 0 Å². The van der Waals surface area contributed by atoms with E-state index in [0.29, 0.717) is 0 Å². The minimum Gasteiger partial charge on any atom is -0.258 e. The Morgan fingerprint density at radius 1 is 1.50 bits per heavy atom. The first-order chi connectivity index (χ1) is 6.59. The first kappa shape index (κ1) is 9.61. The van der Waals surface area contributed by atoms with Gasteiger partial charge in [0.2, 0.25) is 0 Å². The zero-order valence-corrected chi connectivity index (χ0v) is 9.68. The van der Waals surface area contributed by atoms with Crippen molar-refractivity contribution in [2.75, 3.05) is 0 Å². The molecule has 2 rings (SSSR count). The number of rotatable bonds is 1. The van der Waals surface area contributed by atoms with Crippen molar-refractivity contribution in [1.29, 1.82) is 0 Å². The summed E-state index contributed by atoms with van der Waals surface area (Å²) in [7, 11) is 0. The van der Waals surface area contributed by atoms with E-state index in [-0.39, 0.29) is 10.6 Å². The number of fused-ring (bicyclic) bond motifs is 1. The van der Waals surface area contributed by atoms with Crippen molar-refractivity contribution in [2.45, 2.75) is 6.92 Å². The molecule has 3 nitrogen and oxygen atoms in total. The van der Waals surface area contributed by atoms with Crippen molar-refractivity contribution in [2.24, 2.45) is 0 Å². The molecule has 0 saturated heterocycles. The van der Waals surface area contributed by atoms with E-state index in [4.69, 9.17) is 0 Å². The molecule has 5 heteroatoms. The lowest BCUT2D eigenvalue weighted by Crippen LogP contribution is -1.87. The maximum Gasteiger partial charge on any atom is 0.287 e. The molecule has 0 aliphatic rings. The van der Waals surface area contributed by atoms with Crippen LogP contribution in [0.5, 0.6) is 0 Å². The van der Waals surface area contributed by atoms with Crippen LogP contribution in [-0.2, 0) is 0 Å². The van der Waals surface area contributed by atoms with Crippen molar-refractivity contribution < 1.29 is 4.92 Å². The summed E-state index contributed by atoms with van der Waals surface area (Å²) >= 11 is 4.83. The number of aryl methyl sites for hydroxylation is 1. The number of hydrogen-bond donors (Lipinski definition) is 0. The van der Waals surface area contributed by atoms with Crippen LogP contribution in [0.4, 0.5) is 5.69 Å². The summed E-state index contributed by atoms with van der Waals surface area (Å²) < 4.78 is 1.64. The zero-order chi connectivity index (χ0) is 10.3. The summed E-state index contributed by atoms with van der Waals surface area (Å²) in [6.45, 7) is 1.95. The minimum absolute atomic E-state index is 0.182. The van der Waals surface area contributed by atoms with Gasteiger partial charge in [-0.2, -0.15) is 0 Å². The molecule has 1 aromatic heterocycles. The fourth-order valence-electron chi connectivity index (χ4n) is 1.34. The molecule has 1 heterocycles. The third kappa shape index (κ3) is 1.42. The van der Waals surface area contributed by atoms with Crippen LogP contribution in [0, 0.1) is 17.0 Å². The third-order valence-electron chi connectivity index (χ3n) is 1.93. The van der Waals surface area contributed by atoms with E-state index in [9.17, 15) is 10.1 Å². The molecule has 0 fully saturated rings. The number of nitro groups is 1. The van der Waals surface area contributed by atoms with Gasteiger partial charge in [-0.1, -0.05) is 15.9 Å². The van der Waals surface area contributed by atoms with Gasteiger partial charge in [0, 0.05) is 20.8 Å². The summed E-state index contributed by atoms with van der Waals surface area (Å²) in [5.74, 6) is 0. The van der Waals surface area contributed by atoms with Crippen LogP contribution in [-0.4, -0.2) is 4.92 Å². The predicted molar refractivity (Wildman–Crippen MR) is 60.9 cm³/mol. The molecule has 0 N–H and O–H groups in total. The molecule has 0 amide bonds. The fraction of sp³-hybridized carbons (Fsp3) is 0.111. The van der Waals surface area contributed by atoms with E-state index in [1.165, 1.54) is 17.4 Å². The van der Waals surface area contributed by atoms with Crippen LogP contribution >= 0.6 is 27.3 Å². The average molecular weight is 272 g/mol. The van der Waals surface area contributed by atoms with Crippen molar-refractivity contribution in [3.63, 3.8) is 0 Å². The van der Waals surface area contributed by atoms with Gasteiger partial charge < -0.3 is 0 Å². The van der Waals surface area contributed by atoms with Gasteiger partial charge in [-0.25, -0.2) is 0 Å². The van der Waals surface area contributed by atoms with Crippen LogP contribution in [0.15, 0.2) is 22.7 Å². The second kappa shape index (κ2) is 3.33. The number of nitro benzene ring substituents is 1. The lowest BCUT2D eigenvalue weighted by atomic mass is 10.2. The topological polar surface area (TPSA) is 43.1 Å². The van der Waals surface area contributed by atoms with Gasteiger partial charge in [0.05, 0.1) is 4.92 Å². The highest BCUT2D eigenvalue weighted by Gasteiger charge is 2.15. The van der Waals surface area contributed by atoms with E-state index in [1.807, 2.05) is 13.0 Å². The predicted octanol–water partition coefficient (Wildman–Crippen LogP) is 3.88. The molecule has 0 radical (unpaired) electrons. The summed E-state index contributed by atoms with van der Waals surface area (Å²) in [5.41, 5.74) is 0.182. The monoisotopic (exact) mass is 271 g/mol. The van der Waals surface area contributed by atoms with Gasteiger partial charge in [-0.3, -0.25) is 10.1 Å². The number of benzene rings is 1. The third-order valence-corrected chi connectivity index (χ3v) is 3.69. The van der Waals surface area contributed by atoms with Crippen molar-refractivity contribution in [1.82, 2.24) is 0 Å². The molecule has 0 unspecified atom stereocenters. The van der Waals surface area contributed by atoms with Crippen LogP contribution < -0.4 is 0 Å². The Balaban J connectivity index is 2.87. The Morgan fingerprint density at radius 2 is 2.21 bits per heavy atom. The normalized spacial score (nSPS) is 10.7. The molecule has 1 aromatic carbocycles. The summed E-state index contributed by atoms with van der Waals surface area (Å²) in [6, 6.07) is 5.20. The number of thiophene rings is 1. The lowest BCUT2D eigenvalue weighted by molar-refractivity contribution is -0.382. The maximum atomic E-state index is 10.7. The van der Waals surface area contributed by atoms with E-state index < -0.39 is 0 Å². The number of hydrogen-bond acceptors (Lipinski definition) is 3. The Kier molecular flexibility index (Phi) is 2.28. The van der Waals surface area contributed by atoms with Gasteiger partial charge in [0.1, 0.15) is 4.70 Å². The van der Waals surface area contributed by atoms with Crippen molar-refractivity contribution in [3.8, 4) is 0 Å². The molecule has 0 aliphatic carbocycles. The highest BCUT2D eigenvalue weighted by molar-refractivity contribution is 9.10.